The Kier molecular flexibility index (Phi) is 3.23. The summed E-state index contributed by atoms with van der Waals surface area (Å²) >= 11 is 0. The van der Waals surface area contributed by atoms with Crippen LogP contribution in [0.2, 0.25) is 0 Å². The van der Waals surface area contributed by atoms with Crippen molar-refractivity contribution in [1.82, 2.24) is 15.0 Å². The molecule has 0 radical (unpaired) electrons. The molecule has 10 nitrogen and oxygen atoms in total. The fourth-order valence-electron chi connectivity index (χ4n) is 0.713. The van der Waals surface area contributed by atoms with Crippen molar-refractivity contribution >= 4 is 17.8 Å². The molecule has 0 atom stereocenters. The Hall–Kier alpha value is -2.57. The van der Waals surface area contributed by atoms with E-state index in [-0.39, 0.29) is 17.8 Å². The Labute approximate surface area is 83.8 Å². The van der Waals surface area contributed by atoms with Gasteiger partial charge in [0.25, 0.3) is 0 Å². The summed E-state index contributed by atoms with van der Waals surface area (Å²) < 4.78 is 0. The van der Waals surface area contributed by atoms with Crippen molar-refractivity contribution in [1.29, 1.82) is 0 Å². The highest BCUT2D eigenvalue weighted by Crippen LogP contribution is 2.15. The van der Waals surface area contributed by atoms with Gasteiger partial charge >= 0.3 is 0 Å². The number of aromatic nitrogens is 3. The minimum Gasteiger partial charge on any atom is -0.347 e. The van der Waals surface area contributed by atoms with Gasteiger partial charge in [0.15, 0.2) is 0 Å². The van der Waals surface area contributed by atoms with Crippen molar-refractivity contribution in [3.8, 4) is 0 Å². The number of rotatable bonds is 3. The van der Waals surface area contributed by atoms with Crippen LogP contribution in [0.5, 0.6) is 0 Å². The van der Waals surface area contributed by atoms with Crippen LogP contribution in [0.3, 0.4) is 0 Å². The van der Waals surface area contributed by atoms with E-state index >= 15 is 0 Å². The van der Waals surface area contributed by atoms with Gasteiger partial charge in [0, 0.05) is 23.9 Å². The lowest BCUT2D eigenvalue weighted by molar-refractivity contribution is 0.946. The van der Waals surface area contributed by atoms with Crippen molar-refractivity contribution in [3.63, 3.8) is 0 Å². The zero-order valence-corrected chi connectivity index (χ0v) is 7.97. The summed E-state index contributed by atoms with van der Waals surface area (Å²) in [5.74, 6) is -0.0352. The normalized spacial score (nSPS) is 8.67. The summed E-state index contributed by atoms with van der Waals surface area (Å²) in [6.45, 7) is 0. The van der Waals surface area contributed by atoms with Gasteiger partial charge in [0.1, 0.15) is 0 Å². The van der Waals surface area contributed by atoms with Crippen LogP contribution in [0, 0.1) is 0 Å². The summed E-state index contributed by atoms with van der Waals surface area (Å²) in [7, 11) is 3.38. The molecule has 0 spiro atoms. The second-order valence-electron chi connectivity index (χ2n) is 2.51. The number of hydrogen-bond donors (Lipinski definition) is 0. The molecule has 0 amide bonds. The van der Waals surface area contributed by atoms with Crippen LogP contribution in [0.25, 0.3) is 20.9 Å². The van der Waals surface area contributed by atoms with E-state index in [0.717, 1.165) is 0 Å². The Bertz CT molecular complexity index is 415. The van der Waals surface area contributed by atoms with E-state index in [1.807, 2.05) is 0 Å². The molecule has 0 unspecified atom stereocenters. The third kappa shape index (κ3) is 2.69. The second-order valence-corrected chi connectivity index (χ2v) is 2.51. The molecule has 76 valence electrons. The Morgan fingerprint density at radius 3 is 1.80 bits per heavy atom. The van der Waals surface area contributed by atoms with Crippen LogP contribution < -0.4 is 4.90 Å². The number of azide groups is 2. The van der Waals surface area contributed by atoms with E-state index < -0.39 is 0 Å². The first-order valence-electron chi connectivity index (χ1n) is 3.71. The fourth-order valence-corrected chi connectivity index (χ4v) is 0.713. The maximum atomic E-state index is 8.21. The van der Waals surface area contributed by atoms with E-state index in [2.05, 4.69) is 35.0 Å². The van der Waals surface area contributed by atoms with Crippen LogP contribution in [-0.4, -0.2) is 29.0 Å². The molecule has 0 bridgehead atoms. The van der Waals surface area contributed by atoms with Gasteiger partial charge in [0.05, 0.1) is 0 Å². The second kappa shape index (κ2) is 4.61. The zero-order valence-electron chi connectivity index (χ0n) is 7.97. The van der Waals surface area contributed by atoms with Gasteiger partial charge in [-0.25, -0.2) is 4.98 Å². The van der Waals surface area contributed by atoms with E-state index in [0.29, 0.717) is 0 Å². The van der Waals surface area contributed by atoms with E-state index in [1.54, 1.807) is 19.0 Å². The highest BCUT2D eigenvalue weighted by atomic mass is 15.3. The summed E-state index contributed by atoms with van der Waals surface area (Å²) in [6.07, 6.45) is 0. The Morgan fingerprint density at radius 1 is 1.00 bits per heavy atom. The van der Waals surface area contributed by atoms with Crippen molar-refractivity contribution < 1.29 is 0 Å². The molecule has 1 aromatic rings. The molecule has 1 aromatic heterocycles. The van der Waals surface area contributed by atoms with E-state index in [1.165, 1.54) is 0 Å². The Morgan fingerprint density at radius 2 is 1.47 bits per heavy atom. The molecular weight excluding hydrogens is 200 g/mol. The maximum absolute atomic E-state index is 8.21. The van der Waals surface area contributed by atoms with Gasteiger partial charge in [-0.2, -0.15) is 9.97 Å². The first-order valence-corrected chi connectivity index (χ1v) is 3.71. The van der Waals surface area contributed by atoms with Gasteiger partial charge in [-0.3, -0.25) is 0 Å². The Balaban J connectivity index is 3.31. The number of hydrogen-bond acceptors (Lipinski definition) is 6. The van der Waals surface area contributed by atoms with Crippen molar-refractivity contribution in [2.24, 2.45) is 10.2 Å². The fraction of sp³-hybridized carbons (Fsp3) is 0.400. The van der Waals surface area contributed by atoms with Crippen molar-refractivity contribution in [2.45, 2.75) is 0 Å². The summed E-state index contributed by atoms with van der Waals surface area (Å²) in [6, 6.07) is 0. The largest absolute Gasteiger partial charge is 0.347 e. The molecule has 0 saturated carbocycles. The highest BCUT2D eigenvalue weighted by molar-refractivity contribution is 5.37. The van der Waals surface area contributed by atoms with E-state index in [4.69, 9.17) is 11.1 Å². The molecule has 0 saturated heterocycles. The quantitative estimate of drug-likeness (QED) is 0.422. The molecule has 0 aliphatic carbocycles. The SMILES string of the molecule is CN(C)c1nc(N=[N+]=[N-])nc(N=[N+]=[N-])n1. The van der Waals surface area contributed by atoms with Crippen LogP contribution >= 0.6 is 0 Å². The summed E-state index contributed by atoms with van der Waals surface area (Å²) in [4.78, 5) is 17.8. The lowest BCUT2D eigenvalue weighted by Crippen LogP contribution is -2.12. The van der Waals surface area contributed by atoms with Crippen LogP contribution in [0.4, 0.5) is 17.8 Å². The average Bonchev–Trinajstić information content (AvgIpc) is 2.18. The molecule has 1 heterocycles. The van der Waals surface area contributed by atoms with Crippen molar-refractivity contribution in [3.05, 3.63) is 20.9 Å². The van der Waals surface area contributed by atoms with E-state index in [9.17, 15) is 0 Å². The lowest BCUT2D eigenvalue weighted by atomic mass is 10.7. The third-order valence-corrected chi connectivity index (χ3v) is 1.27. The zero-order chi connectivity index (χ0) is 11.3. The first kappa shape index (κ1) is 10.5. The highest BCUT2D eigenvalue weighted by Gasteiger charge is 2.05. The molecular formula is C5H6N10. The minimum atomic E-state index is -0.140. The molecule has 0 aliphatic rings. The maximum Gasteiger partial charge on any atom is 0.228 e. The van der Waals surface area contributed by atoms with Crippen LogP contribution in [0.1, 0.15) is 0 Å². The lowest BCUT2D eigenvalue weighted by Gasteiger charge is -2.09. The summed E-state index contributed by atoms with van der Waals surface area (Å²) in [5.41, 5.74) is 16.4. The molecule has 1 rings (SSSR count). The monoisotopic (exact) mass is 206 g/mol. The molecule has 0 fully saturated rings. The average molecular weight is 206 g/mol. The third-order valence-electron chi connectivity index (χ3n) is 1.27. The first-order chi connectivity index (χ1) is 7.17. The molecule has 0 aromatic carbocycles. The molecule has 0 aliphatic heterocycles. The van der Waals surface area contributed by atoms with Gasteiger partial charge in [-0.15, -0.1) is 0 Å². The minimum absolute atomic E-state index is 0.140. The number of anilines is 1. The summed E-state index contributed by atoms with van der Waals surface area (Å²) in [5, 5.41) is 6.40. The smallest absolute Gasteiger partial charge is 0.228 e. The standard InChI is InChI=1S/C5H6N10/c1-15(2)5-9-3(11-13-6)8-4(10-5)12-14-7/h1-2H3. The van der Waals surface area contributed by atoms with Gasteiger partial charge in [-0.05, 0) is 21.3 Å². The van der Waals surface area contributed by atoms with Gasteiger partial charge < -0.3 is 4.90 Å². The molecule has 0 N–H and O–H groups in total. The molecule has 15 heavy (non-hydrogen) atoms. The predicted molar refractivity (Wildman–Crippen MR) is 51.8 cm³/mol. The predicted octanol–water partition coefficient (Wildman–Crippen LogP) is 1.82. The topological polar surface area (TPSA) is 139 Å². The number of nitrogens with zero attached hydrogens (tertiary/aromatic N) is 10. The van der Waals surface area contributed by atoms with Crippen LogP contribution in [0.15, 0.2) is 10.2 Å². The van der Waals surface area contributed by atoms with Crippen molar-refractivity contribution in [2.75, 3.05) is 19.0 Å². The van der Waals surface area contributed by atoms with Gasteiger partial charge in [0.2, 0.25) is 17.8 Å². The van der Waals surface area contributed by atoms with Crippen LogP contribution in [-0.2, 0) is 0 Å². The van der Waals surface area contributed by atoms with Gasteiger partial charge in [-0.1, -0.05) is 0 Å². The molecule has 10 heteroatoms.